The SMILES string of the molecule is N[C@@H](c1cc2c(cc1[N+](=O)[O-])OCO2)[C@H](O)C1CCC1. The molecule has 1 fully saturated rings. The number of nitro groups is 1. The largest absolute Gasteiger partial charge is 0.454 e. The van der Waals surface area contributed by atoms with Gasteiger partial charge in [0.25, 0.3) is 5.69 Å². The second-order valence-corrected chi connectivity index (χ2v) is 5.23. The highest BCUT2D eigenvalue weighted by Crippen LogP contribution is 2.42. The van der Waals surface area contributed by atoms with Crippen LogP contribution < -0.4 is 15.2 Å². The van der Waals surface area contributed by atoms with E-state index in [-0.39, 0.29) is 18.4 Å². The number of hydrogen-bond donors (Lipinski definition) is 2. The zero-order valence-corrected chi connectivity index (χ0v) is 10.8. The highest BCUT2D eigenvalue weighted by Gasteiger charge is 2.35. The van der Waals surface area contributed by atoms with Crippen molar-refractivity contribution < 1.29 is 19.5 Å². The van der Waals surface area contributed by atoms with Crippen LogP contribution in [0.2, 0.25) is 0 Å². The number of aliphatic hydroxyl groups is 1. The molecule has 1 aliphatic carbocycles. The summed E-state index contributed by atoms with van der Waals surface area (Å²) in [6, 6.07) is 2.02. The molecule has 1 saturated carbocycles. The zero-order valence-electron chi connectivity index (χ0n) is 10.8. The molecule has 3 rings (SSSR count). The molecule has 0 unspecified atom stereocenters. The highest BCUT2D eigenvalue weighted by atomic mass is 16.7. The molecule has 3 N–H and O–H groups in total. The van der Waals surface area contributed by atoms with Crippen molar-refractivity contribution in [2.45, 2.75) is 31.4 Å². The molecule has 108 valence electrons. The van der Waals surface area contributed by atoms with Crippen molar-refractivity contribution in [3.05, 3.63) is 27.8 Å². The van der Waals surface area contributed by atoms with Crippen molar-refractivity contribution in [2.75, 3.05) is 6.79 Å². The average molecular weight is 280 g/mol. The van der Waals surface area contributed by atoms with Crippen LogP contribution >= 0.6 is 0 Å². The van der Waals surface area contributed by atoms with Gasteiger partial charge in [0.15, 0.2) is 11.5 Å². The molecule has 0 amide bonds. The van der Waals surface area contributed by atoms with Gasteiger partial charge < -0.3 is 20.3 Å². The van der Waals surface area contributed by atoms with E-state index in [0.29, 0.717) is 17.1 Å². The number of rotatable bonds is 4. The smallest absolute Gasteiger partial charge is 0.278 e. The summed E-state index contributed by atoms with van der Waals surface area (Å²) in [4.78, 5) is 10.7. The minimum atomic E-state index is -0.796. The van der Waals surface area contributed by atoms with Crippen molar-refractivity contribution in [2.24, 2.45) is 11.7 Å². The van der Waals surface area contributed by atoms with Gasteiger partial charge in [-0.25, -0.2) is 0 Å². The van der Waals surface area contributed by atoms with Crippen LogP contribution in [0.5, 0.6) is 11.5 Å². The molecule has 0 aromatic heterocycles. The van der Waals surface area contributed by atoms with E-state index in [2.05, 4.69) is 0 Å². The molecule has 1 aliphatic heterocycles. The van der Waals surface area contributed by atoms with Gasteiger partial charge in [0, 0.05) is 0 Å². The van der Waals surface area contributed by atoms with E-state index in [1.165, 1.54) is 12.1 Å². The van der Waals surface area contributed by atoms with Gasteiger partial charge in [0.05, 0.1) is 28.7 Å². The number of hydrogen-bond acceptors (Lipinski definition) is 6. The summed E-state index contributed by atoms with van der Waals surface area (Å²) in [6.45, 7) is 0.0381. The number of nitrogens with two attached hydrogens (primary N) is 1. The fourth-order valence-electron chi connectivity index (χ4n) is 2.63. The molecule has 7 nitrogen and oxygen atoms in total. The van der Waals surface area contributed by atoms with Gasteiger partial charge in [-0.1, -0.05) is 6.42 Å². The lowest BCUT2D eigenvalue weighted by atomic mass is 9.77. The van der Waals surface area contributed by atoms with E-state index in [4.69, 9.17) is 15.2 Å². The van der Waals surface area contributed by atoms with Gasteiger partial charge in [0.2, 0.25) is 6.79 Å². The molecule has 1 heterocycles. The van der Waals surface area contributed by atoms with Gasteiger partial charge >= 0.3 is 0 Å². The summed E-state index contributed by atoms with van der Waals surface area (Å²) in [5.41, 5.74) is 6.18. The Morgan fingerprint density at radius 3 is 2.55 bits per heavy atom. The minimum Gasteiger partial charge on any atom is -0.454 e. The number of aliphatic hydroxyl groups excluding tert-OH is 1. The molecule has 2 aliphatic rings. The Bertz CT molecular complexity index is 544. The molecule has 0 spiro atoms. The van der Waals surface area contributed by atoms with E-state index < -0.39 is 17.1 Å². The first-order valence-electron chi connectivity index (χ1n) is 6.59. The van der Waals surface area contributed by atoms with Gasteiger partial charge in [-0.3, -0.25) is 10.1 Å². The summed E-state index contributed by atoms with van der Waals surface area (Å²) in [5.74, 6) is 0.891. The third kappa shape index (κ3) is 2.08. The molecular weight excluding hydrogens is 264 g/mol. The molecular formula is C13H16N2O5. The topological polar surface area (TPSA) is 108 Å². The Morgan fingerprint density at radius 2 is 2.00 bits per heavy atom. The van der Waals surface area contributed by atoms with Crippen LogP contribution in [0.25, 0.3) is 0 Å². The predicted octanol–water partition coefficient (Wildman–Crippen LogP) is 1.48. The van der Waals surface area contributed by atoms with E-state index >= 15 is 0 Å². The predicted molar refractivity (Wildman–Crippen MR) is 69.5 cm³/mol. The van der Waals surface area contributed by atoms with Crippen molar-refractivity contribution in [3.8, 4) is 11.5 Å². The highest BCUT2D eigenvalue weighted by molar-refractivity contribution is 5.56. The number of ether oxygens (including phenoxy) is 2. The zero-order chi connectivity index (χ0) is 14.3. The molecule has 0 saturated heterocycles. The Morgan fingerprint density at radius 1 is 1.35 bits per heavy atom. The van der Waals surface area contributed by atoms with Gasteiger partial charge in [-0.05, 0) is 24.8 Å². The summed E-state index contributed by atoms with van der Waals surface area (Å²) >= 11 is 0. The monoisotopic (exact) mass is 280 g/mol. The quantitative estimate of drug-likeness (QED) is 0.639. The van der Waals surface area contributed by atoms with Gasteiger partial charge in [-0.2, -0.15) is 0 Å². The molecule has 0 radical (unpaired) electrons. The normalized spacial score (nSPS) is 20.3. The minimum absolute atomic E-state index is 0.0381. The summed E-state index contributed by atoms with van der Waals surface area (Å²) in [5, 5.41) is 21.4. The fraction of sp³-hybridized carbons (Fsp3) is 0.538. The maximum Gasteiger partial charge on any atom is 0.278 e. The van der Waals surface area contributed by atoms with Crippen molar-refractivity contribution in [1.29, 1.82) is 0 Å². The molecule has 20 heavy (non-hydrogen) atoms. The fourth-order valence-corrected chi connectivity index (χ4v) is 2.63. The molecule has 0 bridgehead atoms. The first-order chi connectivity index (χ1) is 9.58. The van der Waals surface area contributed by atoms with Crippen LogP contribution in [0.4, 0.5) is 5.69 Å². The van der Waals surface area contributed by atoms with E-state index in [1.807, 2.05) is 0 Å². The first kappa shape index (κ1) is 13.1. The van der Waals surface area contributed by atoms with Crippen molar-refractivity contribution in [3.63, 3.8) is 0 Å². The molecule has 1 aromatic rings. The van der Waals surface area contributed by atoms with E-state index in [1.54, 1.807) is 0 Å². The van der Waals surface area contributed by atoms with Crippen LogP contribution in [-0.4, -0.2) is 22.9 Å². The van der Waals surface area contributed by atoms with Gasteiger partial charge in [0.1, 0.15) is 0 Å². The first-order valence-corrected chi connectivity index (χ1v) is 6.59. The number of nitrogens with zero attached hydrogens (tertiary/aromatic N) is 1. The average Bonchev–Trinajstić information content (AvgIpc) is 2.81. The summed E-state index contributed by atoms with van der Waals surface area (Å²) in [7, 11) is 0. The maximum atomic E-state index is 11.2. The van der Waals surface area contributed by atoms with Gasteiger partial charge in [-0.15, -0.1) is 0 Å². The summed E-state index contributed by atoms with van der Waals surface area (Å²) in [6.07, 6.45) is 2.11. The number of benzene rings is 1. The lowest BCUT2D eigenvalue weighted by Crippen LogP contribution is -2.36. The Balaban J connectivity index is 1.96. The standard InChI is InChI=1S/C13H16N2O5/c14-12(13(16)7-2-1-3-7)8-4-10-11(20-6-19-10)5-9(8)15(17)18/h4-5,7,12-13,16H,1-3,6,14H2/t12-,13+/m0/s1. The second kappa shape index (κ2) is 4.92. The van der Waals surface area contributed by atoms with Crippen LogP contribution in [0, 0.1) is 16.0 Å². The van der Waals surface area contributed by atoms with Crippen LogP contribution in [0.1, 0.15) is 30.9 Å². The Kier molecular flexibility index (Phi) is 3.23. The second-order valence-electron chi connectivity index (χ2n) is 5.23. The van der Waals surface area contributed by atoms with Crippen LogP contribution in [0.15, 0.2) is 12.1 Å². The lowest BCUT2D eigenvalue weighted by molar-refractivity contribution is -0.385. The third-order valence-electron chi connectivity index (χ3n) is 4.08. The maximum absolute atomic E-state index is 11.2. The van der Waals surface area contributed by atoms with Crippen molar-refractivity contribution >= 4 is 5.69 Å². The number of fused-ring (bicyclic) bond motifs is 1. The molecule has 2 atom stereocenters. The van der Waals surface area contributed by atoms with E-state index in [0.717, 1.165) is 19.3 Å². The number of nitro benzene ring substituents is 1. The summed E-state index contributed by atoms with van der Waals surface area (Å²) < 4.78 is 10.4. The third-order valence-corrected chi connectivity index (χ3v) is 4.08. The lowest BCUT2D eigenvalue weighted by Gasteiger charge is -2.33. The van der Waals surface area contributed by atoms with Crippen LogP contribution in [0.3, 0.4) is 0 Å². The van der Waals surface area contributed by atoms with E-state index in [9.17, 15) is 15.2 Å². The molecule has 7 heteroatoms. The molecule has 1 aromatic carbocycles. The van der Waals surface area contributed by atoms with Crippen LogP contribution in [-0.2, 0) is 0 Å². The Hall–Kier alpha value is -1.86. The Labute approximate surface area is 115 Å². The van der Waals surface area contributed by atoms with Crippen molar-refractivity contribution in [1.82, 2.24) is 0 Å².